The molecule has 8 rings (SSSR count). The van der Waals surface area contributed by atoms with E-state index in [9.17, 15) is 29.5 Å². The monoisotopic (exact) mass is 971 g/mol. The summed E-state index contributed by atoms with van der Waals surface area (Å²) in [7, 11) is 0. The number of thiazole rings is 1. The molecule has 0 saturated carbocycles. The van der Waals surface area contributed by atoms with E-state index in [4.69, 9.17) is 4.98 Å². The Hall–Kier alpha value is -6.82. The molecule has 20 heteroatoms. The summed E-state index contributed by atoms with van der Waals surface area (Å²) in [5.41, 5.74) is 8.43. The maximum atomic E-state index is 14.1. The molecule has 2 fully saturated rings. The standard InChI is InChI=1S/C49H57N13O5S2/c1-29(2)55-37-22-38(39-15-14-34-20-32(23-50)25-54-62(34)39)51-26-36(37)46-57-58-48(69-46)60-18-16-59(17-19-60)42(65)9-7-8-41(64)56-44(49(4,5)6)47(67)61-27-35(63)21-40(61)45(66)52-24-31-10-12-33(13-11-31)43-30(3)53-28-68-43/h10-15,20,22,25-26,28-29,35,40,44,63H,7-9,16-19,21,24,27H2,1-6H3,(H,51,55)(H,52,66)(H,56,64)/t35-,40+,44-/m1/s1. The van der Waals surface area contributed by atoms with Crippen LogP contribution in [0.2, 0.25) is 0 Å². The lowest BCUT2D eigenvalue weighted by molar-refractivity contribution is -0.144. The third-order valence-corrected chi connectivity index (χ3v) is 14.3. The van der Waals surface area contributed by atoms with Crippen LogP contribution in [0.4, 0.5) is 10.8 Å². The normalized spacial score (nSPS) is 16.7. The first-order chi connectivity index (χ1) is 33.1. The third kappa shape index (κ3) is 11.2. The molecule has 7 heterocycles. The summed E-state index contributed by atoms with van der Waals surface area (Å²) in [5.74, 6) is -1.23. The molecule has 6 aromatic rings. The van der Waals surface area contributed by atoms with Crippen molar-refractivity contribution in [2.24, 2.45) is 5.41 Å². The van der Waals surface area contributed by atoms with E-state index >= 15 is 0 Å². The van der Waals surface area contributed by atoms with Gasteiger partial charge in [0, 0.05) is 76.5 Å². The molecule has 0 bridgehead atoms. The van der Waals surface area contributed by atoms with E-state index in [0.717, 1.165) is 49.3 Å². The van der Waals surface area contributed by atoms with Crippen molar-refractivity contribution < 1.29 is 24.3 Å². The Kier molecular flexibility index (Phi) is 14.7. The lowest BCUT2D eigenvalue weighted by atomic mass is 9.85. The van der Waals surface area contributed by atoms with Gasteiger partial charge in [-0.2, -0.15) is 10.4 Å². The number of amides is 4. The molecule has 0 unspecified atom stereocenters. The van der Waals surface area contributed by atoms with Crippen molar-refractivity contribution in [3.63, 3.8) is 0 Å². The van der Waals surface area contributed by atoms with Crippen LogP contribution in [0.1, 0.15) is 77.1 Å². The number of benzene rings is 1. The minimum atomic E-state index is -0.963. The molecule has 4 N–H and O–H groups in total. The number of hydrogen-bond acceptors (Lipinski definition) is 15. The number of rotatable bonds is 15. The highest BCUT2D eigenvalue weighted by Crippen LogP contribution is 2.36. The average Bonchev–Trinajstić information content (AvgIpc) is 4.16. The van der Waals surface area contributed by atoms with Crippen LogP contribution >= 0.6 is 22.7 Å². The number of pyridine rings is 1. The summed E-state index contributed by atoms with van der Waals surface area (Å²) in [5, 5.41) is 44.2. The number of aliphatic hydroxyl groups is 1. The number of fused-ring (bicyclic) bond motifs is 1. The Labute approximate surface area is 408 Å². The largest absolute Gasteiger partial charge is 0.391 e. The first-order valence-electron chi connectivity index (χ1n) is 23.1. The minimum Gasteiger partial charge on any atom is -0.391 e. The maximum absolute atomic E-state index is 14.1. The fourth-order valence-corrected chi connectivity index (χ4v) is 10.4. The predicted octanol–water partition coefficient (Wildman–Crippen LogP) is 5.67. The zero-order valence-electron chi connectivity index (χ0n) is 39.6. The van der Waals surface area contributed by atoms with Crippen LogP contribution in [0.3, 0.4) is 0 Å². The summed E-state index contributed by atoms with van der Waals surface area (Å²) in [6.07, 6.45) is 3.04. The molecule has 0 spiro atoms. The Bertz CT molecular complexity index is 2870. The van der Waals surface area contributed by atoms with Crippen molar-refractivity contribution in [2.75, 3.05) is 42.9 Å². The molecule has 69 heavy (non-hydrogen) atoms. The molecule has 2 aliphatic heterocycles. The molecule has 5 aromatic heterocycles. The second-order valence-corrected chi connectivity index (χ2v) is 20.7. The van der Waals surface area contributed by atoms with Crippen molar-refractivity contribution in [1.29, 1.82) is 5.26 Å². The van der Waals surface area contributed by atoms with Crippen LogP contribution in [0.25, 0.3) is 37.9 Å². The van der Waals surface area contributed by atoms with Gasteiger partial charge in [0.1, 0.15) is 18.2 Å². The van der Waals surface area contributed by atoms with Gasteiger partial charge in [-0.3, -0.25) is 24.2 Å². The lowest BCUT2D eigenvalue weighted by Crippen LogP contribution is -2.57. The zero-order chi connectivity index (χ0) is 49.0. The zero-order valence-corrected chi connectivity index (χ0v) is 41.2. The molecule has 0 radical (unpaired) electrons. The van der Waals surface area contributed by atoms with Crippen LogP contribution in [0.15, 0.2) is 66.4 Å². The van der Waals surface area contributed by atoms with Gasteiger partial charge in [-0.15, -0.1) is 21.5 Å². The van der Waals surface area contributed by atoms with E-state index in [2.05, 4.69) is 61.0 Å². The first-order valence-corrected chi connectivity index (χ1v) is 24.8. The highest BCUT2D eigenvalue weighted by Gasteiger charge is 2.44. The van der Waals surface area contributed by atoms with Gasteiger partial charge in [0.25, 0.3) is 0 Å². The van der Waals surface area contributed by atoms with Crippen LogP contribution < -0.4 is 20.9 Å². The molecule has 360 valence electrons. The van der Waals surface area contributed by atoms with Crippen molar-refractivity contribution in [2.45, 2.75) is 98.0 Å². The molecule has 2 saturated heterocycles. The smallest absolute Gasteiger partial charge is 0.246 e. The Morgan fingerprint density at radius 3 is 2.43 bits per heavy atom. The van der Waals surface area contributed by atoms with Crippen molar-refractivity contribution in [3.05, 3.63) is 83.3 Å². The summed E-state index contributed by atoms with van der Waals surface area (Å²) in [6, 6.07) is 15.9. The first kappa shape index (κ1) is 48.6. The fraction of sp³-hybridized carbons (Fsp3) is 0.429. The quantitative estimate of drug-likeness (QED) is 0.0975. The van der Waals surface area contributed by atoms with E-state index in [-0.39, 0.29) is 56.1 Å². The van der Waals surface area contributed by atoms with Crippen molar-refractivity contribution >= 4 is 62.6 Å². The van der Waals surface area contributed by atoms with Gasteiger partial charge in [-0.1, -0.05) is 56.4 Å². The highest BCUT2D eigenvalue weighted by atomic mass is 32.1. The number of nitriles is 1. The van der Waals surface area contributed by atoms with E-state index in [1.807, 2.05) is 75.7 Å². The number of aliphatic hydroxyl groups excluding tert-OH is 1. The molecule has 1 aromatic carbocycles. The van der Waals surface area contributed by atoms with Crippen molar-refractivity contribution in [3.8, 4) is 38.5 Å². The number of hydrogen-bond donors (Lipinski definition) is 4. The number of anilines is 2. The van der Waals surface area contributed by atoms with Crippen LogP contribution in [-0.4, -0.2) is 125 Å². The molecule has 3 atom stereocenters. The molecule has 18 nitrogen and oxygen atoms in total. The SMILES string of the molecule is Cc1ncsc1-c1ccc(CNC(=O)[C@@H]2C[C@@H](O)CN2C(=O)[C@@H](NC(=O)CCCC(=O)N2CCN(c3nnc(-c4cnc(-c5ccc6cc(C#N)cnn56)cc4NC(C)C)s3)CC2)C(C)(C)C)cc1. The number of nitrogens with one attached hydrogen (secondary N) is 3. The van der Waals surface area contributed by atoms with Crippen molar-refractivity contribution in [1.82, 2.24) is 50.2 Å². The number of β-amino-alcohol motifs (C(OH)–C–C–N with tert-alkyl or cyclic N) is 1. The van der Waals surface area contributed by atoms with Crippen LogP contribution in [0, 0.1) is 23.7 Å². The van der Waals surface area contributed by atoms with Gasteiger partial charge in [-0.05, 0) is 68.0 Å². The predicted molar refractivity (Wildman–Crippen MR) is 265 cm³/mol. The Morgan fingerprint density at radius 1 is 0.971 bits per heavy atom. The topological polar surface area (TPSA) is 227 Å². The maximum Gasteiger partial charge on any atom is 0.246 e. The molecular weight excluding hydrogens is 915 g/mol. The summed E-state index contributed by atoms with van der Waals surface area (Å²) in [4.78, 5) is 69.8. The minimum absolute atomic E-state index is 0.0227. The van der Waals surface area contributed by atoms with E-state index in [1.165, 1.54) is 22.4 Å². The molecule has 0 aliphatic carbocycles. The van der Waals surface area contributed by atoms with E-state index in [0.29, 0.717) is 48.9 Å². The number of aryl methyl sites for hydroxylation is 1. The number of aromatic nitrogens is 6. The number of nitrogens with zero attached hydrogens (tertiary/aromatic N) is 10. The van der Waals surface area contributed by atoms with Gasteiger partial charge in [0.2, 0.25) is 28.8 Å². The number of piperazine rings is 1. The van der Waals surface area contributed by atoms with Gasteiger partial charge >= 0.3 is 0 Å². The third-order valence-electron chi connectivity index (χ3n) is 12.3. The molecule has 2 aliphatic rings. The van der Waals surface area contributed by atoms with Crippen LogP contribution in [-0.2, 0) is 25.7 Å². The van der Waals surface area contributed by atoms with Crippen LogP contribution in [0.5, 0.6) is 0 Å². The van der Waals surface area contributed by atoms with E-state index < -0.39 is 29.5 Å². The second-order valence-electron chi connectivity index (χ2n) is 18.9. The summed E-state index contributed by atoms with van der Waals surface area (Å²) < 4.78 is 1.76. The summed E-state index contributed by atoms with van der Waals surface area (Å²) >= 11 is 3.03. The highest BCUT2D eigenvalue weighted by molar-refractivity contribution is 7.18. The van der Waals surface area contributed by atoms with Gasteiger partial charge in [-0.25, -0.2) is 9.50 Å². The lowest BCUT2D eigenvalue weighted by Gasteiger charge is -2.35. The Morgan fingerprint density at radius 2 is 1.74 bits per heavy atom. The number of carbonyl (C=O) groups is 4. The fourth-order valence-electron chi connectivity index (χ4n) is 8.62. The van der Waals surface area contributed by atoms with Gasteiger partial charge in [0.15, 0.2) is 5.01 Å². The second kappa shape index (κ2) is 20.8. The molecular formula is C49H57N13O5S2. The number of carbonyl (C=O) groups excluding carboxylic acids is 4. The number of likely N-dealkylation sites (tertiary alicyclic amines) is 1. The van der Waals surface area contributed by atoms with Gasteiger partial charge < -0.3 is 35.8 Å². The van der Waals surface area contributed by atoms with E-state index in [1.54, 1.807) is 33.0 Å². The summed E-state index contributed by atoms with van der Waals surface area (Å²) in [6.45, 7) is 13.9. The molecule has 4 amide bonds. The van der Waals surface area contributed by atoms with Gasteiger partial charge in [0.05, 0.1) is 56.4 Å². The average molecular weight is 972 g/mol. The Balaban J connectivity index is 0.812.